The highest BCUT2D eigenvalue weighted by molar-refractivity contribution is 8.26. The van der Waals surface area contributed by atoms with Crippen molar-refractivity contribution in [1.29, 1.82) is 0 Å². The molecule has 2 saturated heterocycles. The number of aryl methyl sites for hydroxylation is 1. The third kappa shape index (κ3) is 5.57. The highest BCUT2D eigenvalue weighted by Gasteiger charge is 2.33. The number of ether oxygens (including phenoxy) is 3. The summed E-state index contributed by atoms with van der Waals surface area (Å²) in [4.78, 5) is 36.2. The lowest BCUT2D eigenvalue weighted by molar-refractivity contribution is -0.122. The molecular weight excluding hydrogens is 550 g/mol. The predicted octanol–water partition coefficient (Wildman–Crippen LogP) is 3.27. The minimum absolute atomic E-state index is 0.182. The van der Waals surface area contributed by atoms with Gasteiger partial charge in [-0.1, -0.05) is 36.1 Å². The van der Waals surface area contributed by atoms with Crippen molar-refractivity contribution in [3.63, 3.8) is 0 Å². The fraction of sp³-hybridized carbons (Fsp3) is 0.357. The summed E-state index contributed by atoms with van der Waals surface area (Å²) in [5, 5.41) is 3.36. The van der Waals surface area contributed by atoms with Crippen LogP contribution in [0.1, 0.15) is 23.1 Å². The molecule has 6 rings (SSSR count). The van der Waals surface area contributed by atoms with Crippen LogP contribution in [0.15, 0.2) is 46.2 Å². The van der Waals surface area contributed by atoms with Gasteiger partial charge in [-0.15, -0.1) is 0 Å². The van der Waals surface area contributed by atoms with Crippen LogP contribution in [-0.2, 0) is 16.1 Å². The zero-order valence-corrected chi connectivity index (χ0v) is 23.7. The number of rotatable bonds is 8. The Bertz CT molecular complexity index is 1570. The molecule has 0 aliphatic carbocycles. The fourth-order valence-corrected chi connectivity index (χ4v) is 6.08. The molecule has 3 aliphatic rings. The summed E-state index contributed by atoms with van der Waals surface area (Å²) in [5.41, 5.74) is 2.43. The second-order valence-corrected chi connectivity index (χ2v) is 11.5. The Kier molecular flexibility index (Phi) is 7.74. The maximum absolute atomic E-state index is 13.7. The van der Waals surface area contributed by atoms with E-state index >= 15 is 0 Å². The second kappa shape index (κ2) is 11.6. The molecule has 40 heavy (non-hydrogen) atoms. The number of nitrogens with one attached hydrogen (secondary N) is 1. The predicted molar refractivity (Wildman–Crippen MR) is 158 cm³/mol. The molecular formula is C28H29N5O5S2. The van der Waals surface area contributed by atoms with Crippen molar-refractivity contribution in [3.8, 4) is 11.5 Å². The number of aromatic nitrogens is 2. The van der Waals surface area contributed by atoms with Crippen molar-refractivity contribution in [2.75, 3.05) is 51.5 Å². The third-order valence-corrected chi connectivity index (χ3v) is 8.36. The van der Waals surface area contributed by atoms with Crippen molar-refractivity contribution < 1.29 is 19.0 Å². The van der Waals surface area contributed by atoms with E-state index in [0.29, 0.717) is 50.8 Å². The molecule has 0 spiro atoms. The van der Waals surface area contributed by atoms with Crippen molar-refractivity contribution in [1.82, 2.24) is 19.2 Å². The van der Waals surface area contributed by atoms with Gasteiger partial charge in [0, 0.05) is 25.8 Å². The Morgan fingerprint density at radius 1 is 1.12 bits per heavy atom. The van der Waals surface area contributed by atoms with Crippen LogP contribution in [0, 0.1) is 6.92 Å². The topological polar surface area (TPSA) is 97.6 Å². The number of hydrogen-bond acceptors (Lipinski definition) is 10. The lowest BCUT2D eigenvalue weighted by Crippen LogP contribution is -2.37. The highest BCUT2D eigenvalue weighted by Crippen LogP contribution is 2.36. The molecule has 0 bridgehead atoms. The van der Waals surface area contributed by atoms with E-state index in [1.165, 1.54) is 21.1 Å². The van der Waals surface area contributed by atoms with Crippen LogP contribution in [0.4, 0.5) is 5.82 Å². The van der Waals surface area contributed by atoms with E-state index in [1.807, 2.05) is 37.3 Å². The maximum atomic E-state index is 13.7. The molecule has 208 valence electrons. The van der Waals surface area contributed by atoms with Crippen molar-refractivity contribution in [2.45, 2.75) is 19.9 Å². The number of carbonyl (C=O) groups is 1. The standard InChI is InChI=1S/C28H29N5O5S2/c1-18-3-6-24-30-25(29-7-2-8-31-9-11-36-12-10-31)20(26(34)32(24)15-18)14-23-27(35)33(28(39)40-23)16-19-4-5-21-22(13-19)38-17-37-21/h3-6,13-15,29H,2,7-12,16-17H2,1H3/b23-14-. The molecule has 5 heterocycles. The van der Waals surface area contributed by atoms with Crippen LogP contribution in [0.2, 0.25) is 0 Å². The van der Waals surface area contributed by atoms with Gasteiger partial charge in [0.25, 0.3) is 11.5 Å². The largest absolute Gasteiger partial charge is 0.454 e. The lowest BCUT2D eigenvalue weighted by atomic mass is 10.2. The zero-order chi connectivity index (χ0) is 27.6. The van der Waals surface area contributed by atoms with Gasteiger partial charge in [0.05, 0.1) is 30.2 Å². The summed E-state index contributed by atoms with van der Waals surface area (Å²) in [6, 6.07) is 9.31. The van der Waals surface area contributed by atoms with E-state index in [0.717, 1.165) is 50.4 Å². The van der Waals surface area contributed by atoms with Crippen LogP contribution in [0.3, 0.4) is 0 Å². The molecule has 3 aliphatic heterocycles. The third-order valence-electron chi connectivity index (χ3n) is 6.98. The number of amides is 1. The fourth-order valence-electron chi connectivity index (χ4n) is 4.85. The molecule has 0 atom stereocenters. The van der Waals surface area contributed by atoms with Gasteiger partial charge in [-0.05, 0) is 55.3 Å². The van der Waals surface area contributed by atoms with E-state index in [1.54, 1.807) is 12.3 Å². The van der Waals surface area contributed by atoms with Crippen LogP contribution in [-0.4, -0.2) is 75.6 Å². The van der Waals surface area contributed by atoms with Crippen molar-refractivity contribution in [2.24, 2.45) is 0 Å². The SMILES string of the molecule is Cc1ccc2nc(NCCCN3CCOCC3)c(/C=C3\SC(=S)N(Cc4ccc5c(c4)OCO5)C3=O)c(=O)n2c1. The van der Waals surface area contributed by atoms with E-state index in [4.69, 9.17) is 31.4 Å². The van der Waals surface area contributed by atoms with Gasteiger partial charge < -0.3 is 19.5 Å². The zero-order valence-electron chi connectivity index (χ0n) is 22.1. The van der Waals surface area contributed by atoms with E-state index in [9.17, 15) is 9.59 Å². The number of pyridine rings is 1. The number of carbonyl (C=O) groups excluding carboxylic acids is 1. The van der Waals surface area contributed by atoms with E-state index < -0.39 is 0 Å². The molecule has 0 radical (unpaired) electrons. The monoisotopic (exact) mass is 579 g/mol. The first-order valence-electron chi connectivity index (χ1n) is 13.2. The molecule has 2 aromatic heterocycles. The number of thioether (sulfide) groups is 1. The van der Waals surface area contributed by atoms with Gasteiger partial charge in [0.1, 0.15) is 15.8 Å². The Morgan fingerprint density at radius 2 is 1.95 bits per heavy atom. The highest BCUT2D eigenvalue weighted by atomic mass is 32.2. The van der Waals surface area contributed by atoms with Crippen molar-refractivity contribution >= 4 is 51.7 Å². The molecule has 3 aromatic rings. The Labute approximate surface area is 240 Å². The van der Waals surface area contributed by atoms with Gasteiger partial charge >= 0.3 is 0 Å². The number of hydrogen-bond donors (Lipinski definition) is 1. The number of fused-ring (bicyclic) bond motifs is 2. The minimum atomic E-state index is -0.250. The van der Waals surface area contributed by atoms with Gasteiger partial charge in [-0.3, -0.25) is 23.8 Å². The van der Waals surface area contributed by atoms with Crippen LogP contribution in [0.25, 0.3) is 11.7 Å². The summed E-state index contributed by atoms with van der Waals surface area (Å²) >= 11 is 6.75. The molecule has 1 N–H and O–H groups in total. The maximum Gasteiger partial charge on any atom is 0.267 e. The quantitative estimate of drug-likeness (QED) is 0.243. The number of nitrogens with zero attached hydrogens (tertiary/aromatic N) is 4. The van der Waals surface area contributed by atoms with Crippen molar-refractivity contribution in [3.05, 3.63) is 68.5 Å². The molecule has 10 nitrogen and oxygen atoms in total. The number of anilines is 1. The molecule has 2 fully saturated rings. The molecule has 1 aromatic carbocycles. The van der Waals surface area contributed by atoms with Gasteiger partial charge in [-0.25, -0.2) is 4.98 Å². The van der Waals surface area contributed by atoms with E-state index in [2.05, 4.69) is 10.2 Å². The minimum Gasteiger partial charge on any atom is -0.454 e. The lowest BCUT2D eigenvalue weighted by Gasteiger charge is -2.26. The Hall–Kier alpha value is -3.45. The Balaban J connectivity index is 1.25. The average molecular weight is 580 g/mol. The first-order valence-corrected chi connectivity index (χ1v) is 14.4. The first kappa shape index (κ1) is 26.8. The molecule has 0 unspecified atom stereocenters. The first-order chi connectivity index (χ1) is 19.5. The summed E-state index contributed by atoms with van der Waals surface area (Å²) in [6.45, 7) is 7.32. The normalized spacial score (nSPS) is 18.3. The van der Waals surface area contributed by atoms with E-state index in [-0.39, 0.29) is 18.3 Å². The van der Waals surface area contributed by atoms with Gasteiger partial charge in [0.2, 0.25) is 6.79 Å². The average Bonchev–Trinajstić information content (AvgIpc) is 3.53. The Morgan fingerprint density at radius 3 is 2.80 bits per heavy atom. The second-order valence-electron chi connectivity index (χ2n) is 9.80. The summed E-state index contributed by atoms with van der Waals surface area (Å²) in [7, 11) is 0. The summed E-state index contributed by atoms with van der Waals surface area (Å²) < 4.78 is 18.2. The number of benzene rings is 1. The molecule has 0 saturated carbocycles. The van der Waals surface area contributed by atoms with Crippen LogP contribution in [0.5, 0.6) is 11.5 Å². The smallest absolute Gasteiger partial charge is 0.267 e. The number of thiocarbonyl (C=S) groups is 1. The number of morpholine rings is 1. The van der Waals surface area contributed by atoms with Crippen LogP contribution < -0.4 is 20.3 Å². The summed E-state index contributed by atoms with van der Waals surface area (Å²) in [6.07, 6.45) is 4.26. The molecule has 1 amide bonds. The van der Waals surface area contributed by atoms with Crippen LogP contribution >= 0.6 is 24.0 Å². The molecule has 12 heteroatoms. The van der Waals surface area contributed by atoms with Gasteiger partial charge in [0.15, 0.2) is 11.5 Å². The summed E-state index contributed by atoms with van der Waals surface area (Å²) in [5.74, 6) is 1.53. The van der Waals surface area contributed by atoms with Gasteiger partial charge in [-0.2, -0.15) is 0 Å².